The number of nitrogens with zero attached hydrogens (tertiary/aromatic N) is 1. The van der Waals surface area contributed by atoms with Gasteiger partial charge in [0, 0.05) is 24.1 Å². The van der Waals surface area contributed by atoms with E-state index < -0.39 is 5.97 Å². The quantitative estimate of drug-likeness (QED) is 0.637. The number of likely N-dealkylation sites (tertiary alicyclic amines) is 1. The predicted molar refractivity (Wildman–Crippen MR) is 85.0 cm³/mol. The third kappa shape index (κ3) is 11.5. The SMILES string of the molecule is C=C(C)C(=O)O.C=C(C)C(=O)OCC.C=CN1CCCC1=O. The van der Waals surface area contributed by atoms with E-state index in [9.17, 15) is 14.4 Å². The van der Waals surface area contributed by atoms with E-state index in [1.807, 2.05) is 0 Å². The van der Waals surface area contributed by atoms with Crippen molar-refractivity contribution in [3.05, 3.63) is 37.1 Å². The highest BCUT2D eigenvalue weighted by molar-refractivity contribution is 5.86. The van der Waals surface area contributed by atoms with Gasteiger partial charge in [0.15, 0.2) is 0 Å². The summed E-state index contributed by atoms with van der Waals surface area (Å²) in [5.41, 5.74) is 0.627. The largest absolute Gasteiger partial charge is 0.478 e. The van der Waals surface area contributed by atoms with E-state index in [1.165, 1.54) is 6.92 Å². The van der Waals surface area contributed by atoms with Crippen molar-refractivity contribution in [2.75, 3.05) is 13.2 Å². The summed E-state index contributed by atoms with van der Waals surface area (Å²) in [6.45, 7) is 16.2. The Labute approximate surface area is 131 Å². The second-order valence-electron chi connectivity index (χ2n) is 4.46. The number of carboxylic acid groups (broad SMARTS) is 1. The zero-order chi connectivity index (χ0) is 17.7. The van der Waals surface area contributed by atoms with Crippen molar-refractivity contribution in [2.45, 2.75) is 33.6 Å². The van der Waals surface area contributed by atoms with Crippen LogP contribution in [0.2, 0.25) is 0 Å². The monoisotopic (exact) mass is 311 g/mol. The van der Waals surface area contributed by atoms with Gasteiger partial charge in [-0.25, -0.2) is 9.59 Å². The third-order valence-corrected chi connectivity index (χ3v) is 2.32. The molecule has 0 bridgehead atoms. The maximum absolute atomic E-state index is 10.7. The molecule has 1 amide bonds. The maximum Gasteiger partial charge on any atom is 0.333 e. The van der Waals surface area contributed by atoms with Gasteiger partial charge in [-0.2, -0.15) is 0 Å². The molecular formula is C16H25NO5. The molecule has 0 aliphatic carbocycles. The van der Waals surface area contributed by atoms with E-state index in [-0.39, 0.29) is 17.4 Å². The Morgan fingerprint density at radius 1 is 1.32 bits per heavy atom. The summed E-state index contributed by atoms with van der Waals surface area (Å²) in [5, 5.41) is 7.89. The Kier molecular flexibility index (Phi) is 12.3. The molecule has 124 valence electrons. The number of esters is 1. The average molecular weight is 311 g/mol. The van der Waals surface area contributed by atoms with Gasteiger partial charge < -0.3 is 14.7 Å². The highest BCUT2D eigenvalue weighted by Crippen LogP contribution is 2.08. The number of rotatable bonds is 4. The molecule has 1 heterocycles. The second-order valence-corrected chi connectivity index (χ2v) is 4.46. The number of ether oxygens (including phenoxy) is 1. The maximum atomic E-state index is 10.7. The zero-order valence-corrected chi connectivity index (χ0v) is 13.6. The van der Waals surface area contributed by atoms with Gasteiger partial charge in [-0.3, -0.25) is 4.79 Å². The molecule has 0 atom stereocenters. The van der Waals surface area contributed by atoms with Crippen molar-refractivity contribution in [2.24, 2.45) is 0 Å². The van der Waals surface area contributed by atoms with Crippen molar-refractivity contribution < 1.29 is 24.2 Å². The first kappa shape index (κ1) is 21.9. The van der Waals surface area contributed by atoms with Gasteiger partial charge in [-0.15, -0.1) is 0 Å². The smallest absolute Gasteiger partial charge is 0.333 e. The van der Waals surface area contributed by atoms with Crippen LogP contribution in [0.4, 0.5) is 0 Å². The first-order valence-corrected chi connectivity index (χ1v) is 6.80. The molecule has 0 saturated carbocycles. The van der Waals surface area contributed by atoms with Gasteiger partial charge >= 0.3 is 11.9 Å². The molecule has 0 spiro atoms. The fourth-order valence-electron chi connectivity index (χ4n) is 1.12. The number of amides is 1. The van der Waals surface area contributed by atoms with Crippen LogP contribution in [-0.2, 0) is 19.1 Å². The van der Waals surface area contributed by atoms with Gasteiger partial charge in [-0.1, -0.05) is 19.7 Å². The summed E-state index contributed by atoms with van der Waals surface area (Å²) in [7, 11) is 0. The highest BCUT2D eigenvalue weighted by atomic mass is 16.5. The molecule has 0 unspecified atom stereocenters. The van der Waals surface area contributed by atoms with Gasteiger partial charge in [0.25, 0.3) is 0 Å². The molecule has 6 heteroatoms. The molecule has 0 aromatic heterocycles. The fraction of sp³-hybridized carbons (Fsp3) is 0.438. The summed E-state index contributed by atoms with van der Waals surface area (Å²) in [6, 6.07) is 0. The van der Waals surface area contributed by atoms with Crippen LogP contribution in [0.3, 0.4) is 0 Å². The topological polar surface area (TPSA) is 83.9 Å². The highest BCUT2D eigenvalue weighted by Gasteiger charge is 2.15. The van der Waals surface area contributed by atoms with E-state index in [2.05, 4.69) is 24.5 Å². The molecular weight excluding hydrogens is 286 g/mol. The molecule has 0 aromatic carbocycles. The van der Waals surface area contributed by atoms with E-state index >= 15 is 0 Å². The Morgan fingerprint density at radius 3 is 1.95 bits per heavy atom. The van der Waals surface area contributed by atoms with E-state index in [0.29, 0.717) is 18.6 Å². The minimum atomic E-state index is -0.935. The Balaban J connectivity index is 0. The first-order valence-electron chi connectivity index (χ1n) is 6.80. The van der Waals surface area contributed by atoms with Crippen molar-refractivity contribution >= 4 is 17.8 Å². The second kappa shape index (κ2) is 12.4. The molecule has 1 aliphatic rings. The van der Waals surface area contributed by atoms with Crippen molar-refractivity contribution in [3.63, 3.8) is 0 Å². The Bertz CT molecular complexity index is 428. The molecule has 0 radical (unpaired) electrons. The van der Waals surface area contributed by atoms with Crippen LogP contribution < -0.4 is 0 Å². The number of hydrogen-bond acceptors (Lipinski definition) is 4. The van der Waals surface area contributed by atoms with E-state index in [4.69, 9.17) is 5.11 Å². The normalized spacial score (nSPS) is 12.1. The van der Waals surface area contributed by atoms with Crippen LogP contribution in [0, 0.1) is 0 Å². The predicted octanol–water partition coefficient (Wildman–Crippen LogP) is 2.53. The number of carbonyl (C=O) groups excluding carboxylic acids is 2. The van der Waals surface area contributed by atoms with Crippen LogP contribution in [0.5, 0.6) is 0 Å². The molecule has 6 nitrogen and oxygen atoms in total. The molecule has 1 saturated heterocycles. The third-order valence-electron chi connectivity index (χ3n) is 2.32. The first-order chi connectivity index (χ1) is 10.2. The van der Waals surface area contributed by atoms with Crippen LogP contribution >= 0.6 is 0 Å². The van der Waals surface area contributed by atoms with Crippen molar-refractivity contribution in [3.8, 4) is 0 Å². The summed E-state index contributed by atoms with van der Waals surface area (Å²) < 4.78 is 4.56. The lowest BCUT2D eigenvalue weighted by Gasteiger charge is -2.05. The number of carboxylic acids is 1. The standard InChI is InChI=1S/C6H9NO.C6H10O2.C4H6O2/c1-2-7-5-3-4-6(7)8;1-4-8-6(7)5(2)3;1-3(2)4(5)6/h2H,1,3-5H2;2,4H2,1,3H3;1H2,2H3,(H,5,6). The van der Waals surface area contributed by atoms with Gasteiger partial charge in [0.05, 0.1) is 6.61 Å². The lowest BCUT2D eigenvalue weighted by molar-refractivity contribution is -0.138. The minimum absolute atomic E-state index is 0.176. The summed E-state index contributed by atoms with van der Waals surface area (Å²) in [6.07, 6.45) is 3.28. The van der Waals surface area contributed by atoms with Crippen molar-refractivity contribution in [1.29, 1.82) is 0 Å². The molecule has 22 heavy (non-hydrogen) atoms. The summed E-state index contributed by atoms with van der Waals surface area (Å²) in [4.78, 5) is 32.3. The van der Waals surface area contributed by atoms with Gasteiger partial charge in [0.1, 0.15) is 0 Å². The van der Waals surface area contributed by atoms with Crippen LogP contribution in [0.1, 0.15) is 33.6 Å². The fourth-order valence-corrected chi connectivity index (χ4v) is 1.12. The molecule has 0 aromatic rings. The number of carbonyl (C=O) groups is 3. The lowest BCUT2D eigenvalue weighted by atomic mass is 10.4. The lowest BCUT2D eigenvalue weighted by Crippen LogP contribution is -2.16. The van der Waals surface area contributed by atoms with Gasteiger partial charge in [-0.05, 0) is 33.4 Å². The van der Waals surface area contributed by atoms with E-state index in [1.54, 1.807) is 24.9 Å². The number of aliphatic carboxylic acids is 1. The minimum Gasteiger partial charge on any atom is -0.478 e. The van der Waals surface area contributed by atoms with E-state index in [0.717, 1.165) is 13.0 Å². The van der Waals surface area contributed by atoms with Crippen LogP contribution in [0.15, 0.2) is 37.1 Å². The van der Waals surface area contributed by atoms with Crippen molar-refractivity contribution in [1.82, 2.24) is 4.90 Å². The van der Waals surface area contributed by atoms with Crippen LogP contribution in [-0.4, -0.2) is 41.0 Å². The van der Waals surface area contributed by atoms with Gasteiger partial charge in [0.2, 0.25) is 5.91 Å². The Morgan fingerprint density at radius 2 is 1.82 bits per heavy atom. The molecule has 1 fully saturated rings. The molecule has 1 N–H and O–H groups in total. The molecule has 1 aliphatic heterocycles. The number of hydrogen-bond donors (Lipinski definition) is 1. The average Bonchev–Trinajstić information content (AvgIpc) is 2.85. The molecule has 1 rings (SSSR count). The summed E-state index contributed by atoms with van der Waals surface area (Å²) in [5.74, 6) is -1.04. The Hall–Kier alpha value is -2.37. The summed E-state index contributed by atoms with van der Waals surface area (Å²) >= 11 is 0. The zero-order valence-electron chi connectivity index (χ0n) is 13.6. The van der Waals surface area contributed by atoms with Crippen LogP contribution in [0.25, 0.3) is 0 Å².